The van der Waals surface area contributed by atoms with E-state index < -0.39 is 11.5 Å². The summed E-state index contributed by atoms with van der Waals surface area (Å²) in [5.41, 5.74) is 3.42. The minimum absolute atomic E-state index is 0.00799. The molecule has 1 heterocycles. The number of aromatic hydroxyl groups is 1. The number of hydrogen-bond donors (Lipinski definition) is 3. The van der Waals surface area contributed by atoms with Crippen LogP contribution in [0.5, 0.6) is 5.75 Å². The summed E-state index contributed by atoms with van der Waals surface area (Å²) < 4.78 is 5.78. The molecule has 0 aromatic heterocycles. The quantitative estimate of drug-likeness (QED) is 0.274. The molecule has 0 bridgehead atoms. The first-order valence-corrected chi connectivity index (χ1v) is 18.2. The third-order valence-electron chi connectivity index (χ3n) is 14.9. The van der Waals surface area contributed by atoms with E-state index in [0.29, 0.717) is 30.4 Å². The minimum Gasteiger partial charge on any atom is -0.508 e. The molecule has 1 saturated heterocycles. The predicted molar refractivity (Wildman–Crippen MR) is 179 cm³/mol. The second kappa shape index (κ2) is 10.5. The Balaban J connectivity index is 1.28. The molecule has 6 aliphatic rings. The maximum atomic E-state index is 14.5. The van der Waals surface area contributed by atoms with Crippen LogP contribution in [0, 0.1) is 45.3 Å². The number of hydrogen-bond acceptors (Lipinski definition) is 6. The van der Waals surface area contributed by atoms with E-state index in [2.05, 4.69) is 46.0 Å². The number of fused-ring (bicyclic) bond motifs is 2. The summed E-state index contributed by atoms with van der Waals surface area (Å²) in [5.74, 6) is 1.38. The number of rotatable bonds is 7. The van der Waals surface area contributed by atoms with Gasteiger partial charge >= 0.3 is 0 Å². The molecule has 1 spiro atoms. The first kappa shape index (κ1) is 32.5. The lowest BCUT2D eigenvalue weighted by molar-refractivity contribution is -0.206. The molecule has 5 fully saturated rings. The maximum absolute atomic E-state index is 14.5. The molecule has 1 aliphatic heterocycles. The highest BCUT2D eigenvalue weighted by molar-refractivity contribution is 6.02. The van der Waals surface area contributed by atoms with E-state index in [0.717, 1.165) is 68.1 Å². The largest absolute Gasteiger partial charge is 0.508 e. The number of aliphatic hydroxyl groups excluding tert-OH is 1. The molecule has 5 aliphatic carbocycles. The summed E-state index contributed by atoms with van der Waals surface area (Å²) in [6.45, 7) is 16.2. The van der Waals surface area contributed by atoms with Crippen molar-refractivity contribution in [3.8, 4) is 5.75 Å². The maximum Gasteiger partial charge on any atom is 0.163 e. The fraction of sp³-hybridized carbons (Fsp3) is 0.750. The van der Waals surface area contributed by atoms with Crippen LogP contribution in [0.4, 0.5) is 0 Å². The zero-order valence-electron chi connectivity index (χ0n) is 29.5. The van der Waals surface area contributed by atoms with Crippen molar-refractivity contribution in [2.24, 2.45) is 45.3 Å². The minimum atomic E-state index is -0.564. The third kappa shape index (κ3) is 4.30. The topological polar surface area (TPSA) is 99.2 Å². The monoisotopic (exact) mass is 631 g/mol. The van der Waals surface area contributed by atoms with Gasteiger partial charge in [-0.15, -0.1) is 0 Å². The molecule has 0 unspecified atom stereocenters. The van der Waals surface area contributed by atoms with Crippen LogP contribution in [0.25, 0.3) is 0 Å². The van der Waals surface area contributed by atoms with Crippen molar-refractivity contribution in [1.82, 2.24) is 5.32 Å². The zero-order chi connectivity index (χ0) is 33.2. The van der Waals surface area contributed by atoms with Crippen LogP contribution >= 0.6 is 0 Å². The van der Waals surface area contributed by atoms with Crippen molar-refractivity contribution >= 4 is 11.6 Å². The number of carbonyl (C=O) groups excluding carboxylic acids is 2. The number of benzene rings is 1. The van der Waals surface area contributed by atoms with Crippen molar-refractivity contribution in [2.45, 2.75) is 137 Å². The first-order valence-electron chi connectivity index (χ1n) is 18.2. The van der Waals surface area contributed by atoms with Crippen molar-refractivity contribution in [3.05, 3.63) is 40.5 Å². The summed E-state index contributed by atoms with van der Waals surface area (Å²) in [4.78, 5) is 28.9. The van der Waals surface area contributed by atoms with Crippen LogP contribution in [0.1, 0.15) is 123 Å². The van der Waals surface area contributed by atoms with Crippen LogP contribution < -0.4 is 5.32 Å². The number of Topliss-reactive ketones (excluding diaryl/α,β-unsaturated/α-hetero) is 2. The second-order valence-corrected chi connectivity index (χ2v) is 17.9. The van der Waals surface area contributed by atoms with Gasteiger partial charge in [-0.25, -0.2) is 0 Å². The smallest absolute Gasteiger partial charge is 0.163 e. The number of ketones is 2. The van der Waals surface area contributed by atoms with Crippen LogP contribution in [-0.4, -0.2) is 46.6 Å². The lowest BCUT2D eigenvalue weighted by Crippen LogP contribution is -2.66. The summed E-state index contributed by atoms with van der Waals surface area (Å²) in [6.07, 6.45) is 7.92. The summed E-state index contributed by atoms with van der Waals surface area (Å²) in [6, 6.07) is 5.75. The van der Waals surface area contributed by atoms with Crippen molar-refractivity contribution in [1.29, 1.82) is 0 Å². The molecule has 0 radical (unpaired) electrons. The fourth-order valence-electron chi connectivity index (χ4n) is 13.1. The molecule has 1 aromatic carbocycles. The lowest BCUT2D eigenvalue weighted by Gasteiger charge is -2.71. The van der Waals surface area contributed by atoms with Gasteiger partial charge in [0.05, 0.1) is 11.7 Å². The summed E-state index contributed by atoms with van der Waals surface area (Å²) >= 11 is 0. The zero-order valence-corrected chi connectivity index (χ0v) is 29.5. The van der Waals surface area contributed by atoms with Gasteiger partial charge in [-0.2, -0.15) is 0 Å². The lowest BCUT2D eigenvalue weighted by atomic mass is 9.32. The Kier molecular flexibility index (Phi) is 7.42. The van der Waals surface area contributed by atoms with Crippen LogP contribution in [-0.2, 0) is 20.9 Å². The Morgan fingerprint density at radius 3 is 2.39 bits per heavy atom. The molecule has 10 atom stereocenters. The molecule has 6 nitrogen and oxygen atoms in total. The highest BCUT2D eigenvalue weighted by Gasteiger charge is 2.73. The van der Waals surface area contributed by atoms with E-state index >= 15 is 0 Å². The normalized spacial score (nSPS) is 41.8. The fourth-order valence-corrected chi connectivity index (χ4v) is 13.1. The molecule has 6 heteroatoms. The van der Waals surface area contributed by atoms with Gasteiger partial charge in [0.2, 0.25) is 0 Å². The second-order valence-electron chi connectivity index (χ2n) is 17.9. The van der Waals surface area contributed by atoms with Crippen molar-refractivity contribution in [3.63, 3.8) is 0 Å². The molecular weight excluding hydrogens is 574 g/mol. The van der Waals surface area contributed by atoms with Gasteiger partial charge in [0.15, 0.2) is 5.78 Å². The van der Waals surface area contributed by atoms with E-state index in [9.17, 15) is 19.8 Å². The van der Waals surface area contributed by atoms with E-state index in [1.807, 2.05) is 27.0 Å². The van der Waals surface area contributed by atoms with Crippen LogP contribution in [0.2, 0.25) is 0 Å². The van der Waals surface area contributed by atoms with Crippen molar-refractivity contribution < 1.29 is 24.5 Å². The highest BCUT2D eigenvalue weighted by Crippen LogP contribution is 2.78. The Bertz CT molecular complexity index is 1490. The van der Waals surface area contributed by atoms with Gasteiger partial charge in [-0.3, -0.25) is 9.59 Å². The Labute approximate surface area is 276 Å². The summed E-state index contributed by atoms with van der Waals surface area (Å²) in [5, 5.41) is 25.0. The van der Waals surface area contributed by atoms with Gasteiger partial charge in [-0.1, -0.05) is 52.7 Å². The Hall–Kier alpha value is -2.02. The number of phenolic OH excluding ortho intramolecular Hbond substituents is 1. The highest BCUT2D eigenvalue weighted by atomic mass is 16.6. The molecule has 0 amide bonds. The molecule has 7 rings (SSSR count). The van der Waals surface area contributed by atoms with Gasteiger partial charge in [0, 0.05) is 29.2 Å². The molecule has 1 aromatic rings. The number of phenols is 1. The number of ether oxygens (including phenoxy) is 1. The number of carbonyl (C=O) groups is 2. The molecule has 3 N–H and O–H groups in total. The Morgan fingerprint density at radius 1 is 1.00 bits per heavy atom. The Morgan fingerprint density at radius 2 is 1.72 bits per heavy atom. The average Bonchev–Trinajstić information content (AvgIpc) is 3.55. The SMILES string of the molecule is CNCc1cc(O)cc([C@H]2C[C@@]3(C)[C@H]4CCC5=C([C@H](C)C[C@@H](O)[C@H]6OC6(C)C)C(=O)[C@H]6CCC[C@@]4(CC[C@H]3C(C)(C)C2=O)[C@]56C)c1. The van der Waals surface area contributed by atoms with Gasteiger partial charge in [-0.05, 0) is 130 Å². The molecule has 4 saturated carbocycles. The van der Waals surface area contributed by atoms with Crippen molar-refractivity contribution in [2.75, 3.05) is 7.05 Å². The first-order chi connectivity index (χ1) is 21.5. The van der Waals surface area contributed by atoms with E-state index in [4.69, 9.17) is 4.74 Å². The number of allylic oxidation sites excluding steroid dienone is 2. The summed E-state index contributed by atoms with van der Waals surface area (Å²) in [7, 11) is 1.90. The number of nitrogens with one attached hydrogen (secondary N) is 1. The number of epoxide rings is 1. The van der Waals surface area contributed by atoms with E-state index in [1.165, 1.54) is 5.57 Å². The van der Waals surface area contributed by atoms with Gasteiger partial charge < -0.3 is 20.3 Å². The molecular formula is C40H57NO5. The van der Waals surface area contributed by atoms with E-state index in [-0.39, 0.29) is 57.4 Å². The average molecular weight is 632 g/mol. The van der Waals surface area contributed by atoms with Gasteiger partial charge in [0.25, 0.3) is 0 Å². The van der Waals surface area contributed by atoms with E-state index in [1.54, 1.807) is 6.07 Å². The third-order valence-corrected chi connectivity index (χ3v) is 14.9. The molecule has 46 heavy (non-hydrogen) atoms. The predicted octanol–water partition coefficient (Wildman–Crippen LogP) is 7.26. The van der Waals surface area contributed by atoms with Crippen LogP contribution in [0.3, 0.4) is 0 Å². The standard InChI is InChI=1S/C40H57NO5/c1-22(16-29(43)35-37(4,5)46-35)32-27-11-12-31-38(6)20-26(24-17-23(21-41-8)18-25(42)19-24)34(45)36(2,3)30(38)13-15-40(31)14-9-10-28(33(32)44)39(27,40)7/h17-19,22,26,28-31,35,41-43H,9-16,20-21H2,1-8H3/t22-,26-,28-,29-,30+,31-,35-,38-,39-,40+/m1/s1. The molecule has 252 valence electrons. The number of aliphatic hydroxyl groups is 1. The van der Waals surface area contributed by atoms with Gasteiger partial charge in [0.1, 0.15) is 17.6 Å². The van der Waals surface area contributed by atoms with Crippen LogP contribution in [0.15, 0.2) is 29.3 Å².